The number of aromatic hydroxyl groups is 1. The predicted molar refractivity (Wildman–Crippen MR) is 59.6 cm³/mol. The first-order valence-corrected chi connectivity index (χ1v) is 4.92. The average Bonchev–Trinajstić information content (AvgIpc) is 2.15. The second kappa shape index (κ2) is 5.36. The van der Waals surface area contributed by atoms with Crippen LogP contribution in [0.15, 0.2) is 24.3 Å². The first-order chi connectivity index (χ1) is 7.08. The zero-order valence-corrected chi connectivity index (χ0v) is 8.73. The predicted octanol–water partition coefficient (Wildman–Crippen LogP) is 1.46. The minimum atomic E-state index is -0.0853. The Morgan fingerprint density at radius 2 is 2.33 bits per heavy atom. The molecule has 0 radical (unpaired) electrons. The molecule has 0 bridgehead atoms. The van der Waals surface area contributed by atoms with Crippen molar-refractivity contribution in [2.24, 2.45) is 5.73 Å². The summed E-state index contributed by atoms with van der Waals surface area (Å²) in [6.45, 7) is 1.86. The van der Waals surface area contributed by atoms with Crippen LogP contribution >= 0.6 is 0 Å². The Balaban J connectivity index is 2.44. The van der Waals surface area contributed by atoms with E-state index in [9.17, 15) is 9.90 Å². The van der Waals surface area contributed by atoms with Crippen molar-refractivity contribution in [3.05, 3.63) is 24.3 Å². The van der Waals surface area contributed by atoms with E-state index in [0.29, 0.717) is 18.5 Å². The summed E-state index contributed by atoms with van der Waals surface area (Å²) in [5.74, 6) is 0.0536. The maximum absolute atomic E-state index is 11.4. The molecule has 1 aromatic carbocycles. The quantitative estimate of drug-likeness (QED) is 0.701. The van der Waals surface area contributed by atoms with Gasteiger partial charge in [-0.2, -0.15) is 0 Å². The third kappa shape index (κ3) is 4.46. The SMILES string of the molecule is CC(N)CCC(=O)Nc1cccc(O)c1. The lowest BCUT2D eigenvalue weighted by Gasteiger charge is -2.06. The van der Waals surface area contributed by atoms with Gasteiger partial charge in [0.25, 0.3) is 0 Å². The maximum Gasteiger partial charge on any atom is 0.224 e. The largest absolute Gasteiger partial charge is 0.508 e. The molecule has 1 unspecified atom stereocenters. The lowest BCUT2D eigenvalue weighted by atomic mass is 10.2. The molecule has 0 fully saturated rings. The van der Waals surface area contributed by atoms with Crippen molar-refractivity contribution in [2.45, 2.75) is 25.8 Å². The third-order valence-electron chi connectivity index (χ3n) is 1.96. The summed E-state index contributed by atoms with van der Waals surface area (Å²) >= 11 is 0. The van der Waals surface area contributed by atoms with Gasteiger partial charge in [0.1, 0.15) is 5.75 Å². The lowest BCUT2D eigenvalue weighted by Crippen LogP contribution is -2.19. The summed E-state index contributed by atoms with van der Waals surface area (Å²) in [5.41, 5.74) is 6.14. The maximum atomic E-state index is 11.4. The summed E-state index contributed by atoms with van der Waals surface area (Å²) in [7, 11) is 0. The van der Waals surface area contributed by atoms with Crippen molar-refractivity contribution in [3.63, 3.8) is 0 Å². The number of phenolic OH excluding ortho intramolecular Hbond substituents is 1. The van der Waals surface area contributed by atoms with Crippen molar-refractivity contribution < 1.29 is 9.90 Å². The Kier molecular flexibility index (Phi) is 4.12. The molecule has 0 saturated heterocycles. The van der Waals surface area contributed by atoms with Crippen molar-refractivity contribution in [1.82, 2.24) is 0 Å². The smallest absolute Gasteiger partial charge is 0.224 e. The van der Waals surface area contributed by atoms with E-state index in [1.54, 1.807) is 18.2 Å². The molecule has 0 aliphatic heterocycles. The van der Waals surface area contributed by atoms with E-state index in [-0.39, 0.29) is 17.7 Å². The number of hydrogen-bond acceptors (Lipinski definition) is 3. The van der Waals surface area contributed by atoms with Crippen LogP contribution in [0.1, 0.15) is 19.8 Å². The zero-order valence-electron chi connectivity index (χ0n) is 8.73. The second-order valence-electron chi connectivity index (χ2n) is 3.61. The number of nitrogens with two attached hydrogens (primary N) is 1. The molecule has 0 heterocycles. The standard InChI is InChI=1S/C11H16N2O2/c1-8(12)5-6-11(15)13-9-3-2-4-10(14)7-9/h2-4,7-8,14H,5-6,12H2,1H3,(H,13,15). The average molecular weight is 208 g/mol. The molecule has 0 aromatic heterocycles. The van der Waals surface area contributed by atoms with Crippen LogP contribution in [-0.2, 0) is 4.79 Å². The number of anilines is 1. The Bertz CT molecular complexity index is 337. The molecule has 4 N–H and O–H groups in total. The van der Waals surface area contributed by atoms with E-state index in [4.69, 9.17) is 5.73 Å². The molecule has 4 nitrogen and oxygen atoms in total. The number of nitrogens with one attached hydrogen (secondary N) is 1. The zero-order chi connectivity index (χ0) is 11.3. The van der Waals surface area contributed by atoms with Gasteiger partial charge in [-0.1, -0.05) is 6.07 Å². The van der Waals surface area contributed by atoms with Crippen LogP contribution in [0.5, 0.6) is 5.75 Å². The molecule has 82 valence electrons. The first-order valence-electron chi connectivity index (χ1n) is 4.92. The molecule has 1 aromatic rings. The number of phenols is 1. The van der Waals surface area contributed by atoms with E-state index in [1.165, 1.54) is 6.07 Å². The van der Waals surface area contributed by atoms with Crippen LogP contribution in [0.25, 0.3) is 0 Å². The molecule has 0 aliphatic carbocycles. The van der Waals surface area contributed by atoms with Gasteiger partial charge in [-0.05, 0) is 25.5 Å². The Hall–Kier alpha value is -1.55. The summed E-state index contributed by atoms with van der Waals surface area (Å²) in [6.07, 6.45) is 1.05. The van der Waals surface area contributed by atoms with Crippen molar-refractivity contribution in [2.75, 3.05) is 5.32 Å². The second-order valence-corrected chi connectivity index (χ2v) is 3.61. The van der Waals surface area contributed by atoms with Crippen molar-refractivity contribution in [3.8, 4) is 5.75 Å². The highest BCUT2D eigenvalue weighted by molar-refractivity contribution is 5.90. The molecule has 1 atom stereocenters. The third-order valence-corrected chi connectivity index (χ3v) is 1.96. The highest BCUT2D eigenvalue weighted by Gasteiger charge is 2.04. The van der Waals surface area contributed by atoms with Gasteiger partial charge in [-0.3, -0.25) is 4.79 Å². The molecule has 0 aliphatic rings. The van der Waals surface area contributed by atoms with Gasteiger partial charge in [0.2, 0.25) is 5.91 Å². The van der Waals surface area contributed by atoms with Crippen LogP contribution in [0, 0.1) is 0 Å². The van der Waals surface area contributed by atoms with Crippen LogP contribution in [0.3, 0.4) is 0 Å². The highest BCUT2D eigenvalue weighted by atomic mass is 16.3. The van der Waals surface area contributed by atoms with E-state index >= 15 is 0 Å². The van der Waals surface area contributed by atoms with Gasteiger partial charge in [0, 0.05) is 24.2 Å². The van der Waals surface area contributed by atoms with Crippen LogP contribution in [0.2, 0.25) is 0 Å². The molecule has 0 spiro atoms. The molecular weight excluding hydrogens is 192 g/mol. The van der Waals surface area contributed by atoms with Crippen LogP contribution in [-0.4, -0.2) is 17.1 Å². The van der Waals surface area contributed by atoms with E-state index in [2.05, 4.69) is 5.32 Å². The Labute approximate surface area is 89.1 Å². The van der Waals surface area contributed by atoms with Gasteiger partial charge in [-0.15, -0.1) is 0 Å². The molecule has 4 heteroatoms. The molecule has 0 saturated carbocycles. The minimum Gasteiger partial charge on any atom is -0.508 e. The molecule has 1 amide bonds. The summed E-state index contributed by atoms with van der Waals surface area (Å²) in [6, 6.07) is 6.49. The van der Waals surface area contributed by atoms with Crippen molar-refractivity contribution >= 4 is 11.6 Å². The summed E-state index contributed by atoms with van der Waals surface area (Å²) in [5, 5.41) is 11.9. The fourth-order valence-electron chi connectivity index (χ4n) is 1.17. The number of benzene rings is 1. The topological polar surface area (TPSA) is 75.4 Å². The molecule has 1 rings (SSSR count). The van der Waals surface area contributed by atoms with Crippen molar-refractivity contribution in [1.29, 1.82) is 0 Å². The first kappa shape index (κ1) is 11.5. The highest BCUT2D eigenvalue weighted by Crippen LogP contribution is 2.15. The summed E-state index contributed by atoms with van der Waals surface area (Å²) < 4.78 is 0. The Morgan fingerprint density at radius 1 is 1.60 bits per heavy atom. The molecule has 15 heavy (non-hydrogen) atoms. The minimum absolute atomic E-state index is 0.0277. The summed E-state index contributed by atoms with van der Waals surface area (Å²) in [4.78, 5) is 11.4. The van der Waals surface area contributed by atoms with Crippen LogP contribution < -0.4 is 11.1 Å². The fraction of sp³-hybridized carbons (Fsp3) is 0.364. The number of amides is 1. The van der Waals surface area contributed by atoms with Gasteiger partial charge >= 0.3 is 0 Å². The number of rotatable bonds is 4. The monoisotopic (exact) mass is 208 g/mol. The van der Waals surface area contributed by atoms with E-state index in [1.807, 2.05) is 6.92 Å². The van der Waals surface area contributed by atoms with Crippen LogP contribution in [0.4, 0.5) is 5.69 Å². The van der Waals surface area contributed by atoms with Gasteiger partial charge in [-0.25, -0.2) is 0 Å². The molecular formula is C11H16N2O2. The number of hydrogen-bond donors (Lipinski definition) is 3. The normalized spacial score (nSPS) is 12.1. The fourth-order valence-corrected chi connectivity index (χ4v) is 1.17. The number of carbonyl (C=O) groups excluding carboxylic acids is 1. The van der Waals surface area contributed by atoms with E-state index < -0.39 is 0 Å². The lowest BCUT2D eigenvalue weighted by molar-refractivity contribution is -0.116. The van der Waals surface area contributed by atoms with Gasteiger partial charge in [0.15, 0.2) is 0 Å². The number of carbonyl (C=O) groups is 1. The van der Waals surface area contributed by atoms with Gasteiger partial charge in [0.05, 0.1) is 0 Å². The Morgan fingerprint density at radius 3 is 2.93 bits per heavy atom. The van der Waals surface area contributed by atoms with Gasteiger partial charge < -0.3 is 16.2 Å². The van der Waals surface area contributed by atoms with E-state index in [0.717, 1.165) is 0 Å².